The molecule has 0 aliphatic carbocycles. The summed E-state index contributed by atoms with van der Waals surface area (Å²) in [6, 6.07) is 12.8. The maximum atomic E-state index is 12.4. The van der Waals surface area contributed by atoms with Crippen LogP contribution in [0.1, 0.15) is 38.8 Å². The van der Waals surface area contributed by atoms with E-state index in [1.165, 1.54) is 7.11 Å². The Morgan fingerprint density at radius 1 is 1.15 bits per heavy atom. The number of ether oxygens (including phenoxy) is 2. The molecule has 0 saturated carbocycles. The predicted octanol–water partition coefficient (Wildman–Crippen LogP) is 4.87. The van der Waals surface area contributed by atoms with Gasteiger partial charge in [0.05, 0.1) is 29.0 Å². The van der Waals surface area contributed by atoms with Crippen molar-refractivity contribution in [3.8, 4) is 5.75 Å². The molecule has 1 aliphatic heterocycles. The summed E-state index contributed by atoms with van der Waals surface area (Å²) in [5, 5.41) is 3.21. The van der Waals surface area contributed by atoms with Crippen molar-refractivity contribution in [2.24, 2.45) is 0 Å². The second kappa shape index (κ2) is 10.1. The van der Waals surface area contributed by atoms with Gasteiger partial charge >= 0.3 is 13.2 Å². The molecule has 1 aliphatic rings. The first-order valence-corrected chi connectivity index (χ1v) is 11.0. The quantitative estimate of drug-likeness (QED) is 0.441. The summed E-state index contributed by atoms with van der Waals surface area (Å²) >= 11 is 6.43. The number of alkyl carbamates (subject to hydrolysis) is 1. The average Bonchev–Trinajstić information content (AvgIpc) is 2.98. The minimum absolute atomic E-state index is 0.132. The summed E-state index contributed by atoms with van der Waals surface area (Å²) in [5.41, 5.74) is 7.51. The number of benzene rings is 2. The Labute approximate surface area is 200 Å². The van der Waals surface area contributed by atoms with Crippen molar-refractivity contribution in [2.45, 2.75) is 45.5 Å². The van der Waals surface area contributed by atoms with Gasteiger partial charge in [0, 0.05) is 6.54 Å². The van der Waals surface area contributed by atoms with Crippen molar-refractivity contribution in [1.82, 2.24) is 5.32 Å². The lowest BCUT2D eigenvalue weighted by Crippen LogP contribution is -2.41. The molecule has 0 unspecified atom stereocenters. The molecular weight excluding hydrogens is 443 g/mol. The van der Waals surface area contributed by atoms with E-state index in [4.69, 9.17) is 36.1 Å². The molecule has 3 N–H and O–H groups in total. The molecule has 0 spiro atoms. The van der Waals surface area contributed by atoms with Gasteiger partial charge in [-0.05, 0) is 56.4 Å². The summed E-state index contributed by atoms with van der Waals surface area (Å²) in [4.78, 5) is 12.4. The molecule has 0 bridgehead atoms. The molecule has 3 rings (SSSR count). The number of methoxy groups -OCH3 is 1. The molecule has 1 amide bonds. The number of nitrogen functional groups attached to an aromatic ring is 1. The molecule has 2 aromatic rings. The first-order chi connectivity index (χ1) is 15.5. The van der Waals surface area contributed by atoms with Crippen molar-refractivity contribution in [2.75, 3.05) is 19.4 Å². The molecular formula is C24H30BClN2O5. The van der Waals surface area contributed by atoms with Crippen LogP contribution in [-0.2, 0) is 20.7 Å². The van der Waals surface area contributed by atoms with E-state index in [0.29, 0.717) is 27.5 Å². The van der Waals surface area contributed by atoms with Crippen molar-refractivity contribution in [3.05, 3.63) is 64.1 Å². The van der Waals surface area contributed by atoms with Crippen LogP contribution in [0.3, 0.4) is 0 Å². The van der Waals surface area contributed by atoms with Crippen LogP contribution in [-0.4, -0.2) is 38.1 Å². The Bertz CT molecular complexity index is 1010. The summed E-state index contributed by atoms with van der Waals surface area (Å²) in [5.74, 6) is 0.495. The maximum absolute atomic E-state index is 12.4. The Morgan fingerprint density at radius 2 is 1.79 bits per heavy atom. The van der Waals surface area contributed by atoms with Gasteiger partial charge in [0.1, 0.15) is 12.4 Å². The number of anilines is 1. The van der Waals surface area contributed by atoms with Crippen LogP contribution >= 0.6 is 11.6 Å². The van der Waals surface area contributed by atoms with Crippen LogP contribution in [0.2, 0.25) is 5.02 Å². The first kappa shape index (κ1) is 25.0. The Kier molecular flexibility index (Phi) is 7.62. The van der Waals surface area contributed by atoms with E-state index in [0.717, 1.165) is 5.56 Å². The van der Waals surface area contributed by atoms with Gasteiger partial charge in [0.25, 0.3) is 0 Å². The monoisotopic (exact) mass is 472 g/mol. The van der Waals surface area contributed by atoms with Crippen LogP contribution in [0.5, 0.6) is 5.75 Å². The molecule has 1 fully saturated rings. The number of amides is 1. The van der Waals surface area contributed by atoms with Gasteiger partial charge in [0.15, 0.2) is 0 Å². The maximum Gasteiger partial charge on any atom is 0.492 e. The Hall–Kier alpha value is -2.68. The Morgan fingerprint density at radius 3 is 2.39 bits per heavy atom. The number of hydrogen-bond acceptors (Lipinski definition) is 6. The fourth-order valence-corrected chi connectivity index (χ4v) is 3.44. The fraction of sp³-hybridized carbons (Fsp3) is 0.375. The van der Waals surface area contributed by atoms with Gasteiger partial charge in [-0.25, -0.2) is 4.79 Å². The smallest absolute Gasteiger partial charge is 0.492 e. The van der Waals surface area contributed by atoms with Crippen LogP contribution < -0.4 is 15.8 Å². The van der Waals surface area contributed by atoms with Crippen LogP contribution in [0, 0.1) is 0 Å². The zero-order valence-corrected chi connectivity index (χ0v) is 20.4. The number of carbonyl (C=O) groups excluding carboxylic acids is 1. The number of halogens is 1. The van der Waals surface area contributed by atoms with E-state index < -0.39 is 24.4 Å². The highest BCUT2D eigenvalue weighted by Crippen LogP contribution is 2.39. The first-order valence-electron chi connectivity index (χ1n) is 10.7. The standard InChI is InChI=1S/C24H30BClN2O5/c1-23(2)24(3,4)33-25(32-23)18(11-17-12-21(30-5)20(27)13-19(17)26)14-28-22(29)31-15-16-9-7-6-8-10-16/h6-13H,14-15,27H2,1-5H3,(H,28,29). The van der Waals surface area contributed by atoms with E-state index in [-0.39, 0.29) is 13.2 Å². The van der Waals surface area contributed by atoms with Crippen molar-refractivity contribution >= 4 is 36.6 Å². The number of carbonyl (C=O) groups is 1. The minimum atomic E-state index is -0.691. The second-order valence-electron chi connectivity index (χ2n) is 8.84. The summed E-state index contributed by atoms with van der Waals surface area (Å²) in [6.45, 7) is 8.16. The zero-order chi connectivity index (χ0) is 24.2. The zero-order valence-electron chi connectivity index (χ0n) is 19.6. The molecule has 1 heterocycles. The van der Waals surface area contributed by atoms with Crippen LogP contribution in [0.4, 0.5) is 10.5 Å². The van der Waals surface area contributed by atoms with E-state index in [1.54, 1.807) is 12.1 Å². The number of rotatable bonds is 7. The van der Waals surface area contributed by atoms with Gasteiger partial charge in [0.2, 0.25) is 0 Å². The highest BCUT2D eigenvalue weighted by atomic mass is 35.5. The Balaban J connectivity index is 1.81. The largest absolute Gasteiger partial charge is 0.495 e. The third kappa shape index (κ3) is 6.02. The molecule has 2 aromatic carbocycles. The van der Waals surface area contributed by atoms with Crippen LogP contribution in [0.15, 0.2) is 47.9 Å². The lowest BCUT2D eigenvalue weighted by Gasteiger charge is -2.32. The van der Waals surface area contributed by atoms with Gasteiger partial charge in [-0.15, -0.1) is 0 Å². The number of nitrogens with one attached hydrogen (secondary N) is 1. The molecule has 1 saturated heterocycles. The van der Waals surface area contributed by atoms with Crippen molar-refractivity contribution in [1.29, 1.82) is 0 Å². The van der Waals surface area contributed by atoms with Crippen LogP contribution in [0.25, 0.3) is 6.08 Å². The fourth-order valence-electron chi connectivity index (χ4n) is 3.22. The van der Waals surface area contributed by atoms with E-state index in [2.05, 4.69) is 5.32 Å². The lowest BCUT2D eigenvalue weighted by molar-refractivity contribution is 0.00578. The number of hydrogen-bond donors (Lipinski definition) is 2. The molecule has 33 heavy (non-hydrogen) atoms. The lowest BCUT2D eigenvalue weighted by atomic mass is 9.77. The van der Waals surface area contributed by atoms with E-state index >= 15 is 0 Å². The highest BCUT2D eigenvalue weighted by molar-refractivity contribution is 6.56. The van der Waals surface area contributed by atoms with Crippen molar-refractivity contribution < 1.29 is 23.6 Å². The van der Waals surface area contributed by atoms with Gasteiger partial charge in [-0.3, -0.25) is 0 Å². The summed E-state index contributed by atoms with van der Waals surface area (Å²) in [7, 11) is 0.844. The highest BCUT2D eigenvalue weighted by Gasteiger charge is 2.52. The SMILES string of the molecule is COc1cc(C=C(CNC(=O)OCc2ccccc2)B2OC(C)(C)C(C)(C)O2)c(Cl)cc1N. The second-order valence-corrected chi connectivity index (χ2v) is 9.25. The van der Waals surface area contributed by atoms with Gasteiger partial charge in [-0.1, -0.05) is 48.0 Å². The van der Waals surface area contributed by atoms with Gasteiger partial charge < -0.3 is 29.8 Å². The average molecular weight is 473 g/mol. The molecule has 0 aromatic heterocycles. The summed E-state index contributed by atoms with van der Waals surface area (Å²) < 4.78 is 23.0. The summed E-state index contributed by atoms with van der Waals surface area (Å²) in [6.07, 6.45) is 1.26. The third-order valence-corrected chi connectivity index (χ3v) is 6.22. The molecule has 176 valence electrons. The van der Waals surface area contributed by atoms with E-state index in [9.17, 15) is 4.79 Å². The minimum Gasteiger partial charge on any atom is -0.495 e. The molecule has 0 radical (unpaired) electrons. The van der Waals surface area contributed by atoms with E-state index in [1.807, 2.05) is 64.1 Å². The van der Waals surface area contributed by atoms with Crippen molar-refractivity contribution in [3.63, 3.8) is 0 Å². The van der Waals surface area contributed by atoms with Gasteiger partial charge in [-0.2, -0.15) is 0 Å². The number of nitrogens with two attached hydrogens (primary N) is 1. The predicted molar refractivity (Wildman–Crippen MR) is 131 cm³/mol. The normalized spacial score (nSPS) is 17.0. The molecule has 0 atom stereocenters. The molecule has 9 heteroatoms. The topological polar surface area (TPSA) is 92.0 Å². The molecule has 7 nitrogen and oxygen atoms in total. The third-order valence-electron chi connectivity index (χ3n) is 5.90.